The Balaban J connectivity index is 1.40. The van der Waals surface area contributed by atoms with Gasteiger partial charge < -0.3 is 19.4 Å². The number of piperidine rings is 1. The third-order valence-corrected chi connectivity index (χ3v) is 6.87. The van der Waals surface area contributed by atoms with Crippen molar-refractivity contribution in [1.29, 1.82) is 0 Å². The van der Waals surface area contributed by atoms with Crippen molar-refractivity contribution in [2.45, 2.75) is 38.8 Å². The van der Waals surface area contributed by atoms with Crippen LogP contribution < -0.4 is 10.1 Å². The number of carbonyl (C=O) groups excluding carboxylic acids is 2. The van der Waals surface area contributed by atoms with Crippen molar-refractivity contribution in [3.05, 3.63) is 95.2 Å². The van der Waals surface area contributed by atoms with Gasteiger partial charge in [-0.1, -0.05) is 30.3 Å². The molecule has 0 radical (unpaired) electrons. The summed E-state index contributed by atoms with van der Waals surface area (Å²) in [6.07, 6.45) is 5.41. The highest BCUT2D eigenvalue weighted by Crippen LogP contribution is 2.30. The molecule has 2 amide bonds. The number of ether oxygens (including phenoxy) is 1. The van der Waals surface area contributed by atoms with Crippen LogP contribution >= 0.6 is 0 Å². The zero-order valence-corrected chi connectivity index (χ0v) is 21.0. The van der Waals surface area contributed by atoms with E-state index in [1.807, 2.05) is 60.8 Å². The Morgan fingerprint density at radius 3 is 2.66 bits per heavy atom. The number of hydrogen-bond donors (Lipinski definition) is 1. The van der Waals surface area contributed by atoms with Gasteiger partial charge in [0.05, 0.1) is 5.56 Å². The summed E-state index contributed by atoms with van der Waals surface area (Å²) in [6, 6.07) is 13.8. The van der Waals surface area contributed by atoms with Crippen LogP contribution in [0.4, 0.5) is 8.78 Å². The van der Waals surface area contributed by atoms with Gasteiger partial charge in [0.15, 0.2) is 11.4 Å². The fraction of sp³-hybridized carbons (Fsp3) is 0.286. The molecule has 0 saturated carbocycles. The molecule has 1 aromatic carbocycles. The molecule has 1 fully saturated rings. The number of nitrogens with zero attached hydrogens (tertiary/aromatic N) is 4. The minimum absolute atomic E-state index is 0.105. The summed E-state index contributed by atoms with van der Waals surface area (Å²) >= 11 is 0. The number of aryl methyl sites for hydroxylation is 2. The van der Waals surface area contributed by atoms with Crippen LogP contribution in [0.15, 0.2) is 67.1 Å². The van der Waals surface area contributed by atoms with Gasteiger partial charge >= 0.3 is 6.61 Å². The normalized spacial score (nSPS) is 17.6. The van der Waals surface area contributed by atoms with Crippen molar-refractivity contribution in [2.75, 3.05) is 13.1 Å². The Labute approximate surface area is 218 Å². The number of hydrogen-bond acceptors (Lipinski definition) is 5. The first-order chi connectivity index (χ1) is 18.3. The molecule has 0 unspecified atom stereocenters. The van der Waals surface area contributed by atoms with Crippen molar-refractivity contribution < 1.29 is 23.1 Å². The highest BCUT2D eigenvalue weighted by Gasteiger charge is 2.35. The van der Waals surface area contributed by atoms with Crippen molar-refractivity contribution >= 4 is 17.5 Å². The zero-order valence-electron chi connectivity index (χ0n) is 21.0. The second-order valence-electron chi connectivity index (χ2n) is 9.37. The number of imidazole rings is 1. The number of likely N-dealkylation sites (tertiary alicyclic amines) is 1. The zero-order chi connectivity index (χ0) is 26.8. The minimum atomic E-state index is -3.08. The Morgan fingerprint density at radius 2 is 1.89 bits per heavy atom. The molecule has 2 atom stereocenters. The number of halogens is 2. The summed E-state index contributed by atoms with van der Waals surface area (Å²) < 4.78 is 32.1. The Hall–Kier alpha value is -4.34. The van der Waals surface area contributed by atoms with Gasteiger partial charge in [0, 0.05) is 49.3 Å². The molecule has 0 aliphatic carbocycles. The number of aromatic nitrogens is 3. The van der Waals surface area contributed by atoms with Crippen molar-refractivity contribution in [1.82, 2.24) is 24.6 Å². The number of fused-ring (bicyclic) bond motifs is 1. The lowest BCUT2D eigenvalue weighted by atomic mass is 9.85. The smallest absolute Gasteiger partial charge is 0.387 e. The fourth-order valence-corrected chi connectivity index (χ4v) is 5.01. The molecular formula is C28H27F2N5O3. The van der Waals surface area contributed by atoms with Crippen LogP contribution in [0.1, 0.15) is 50.0 Å². The molecule has 0 bridgehead atoms. The summed E-state index contributed by atoms with van der Waals surface area (Å²) in [6.45, 7) is 1.57. The standard InChI is InChI=1S/C28H27F2N5O3/c1-17-13-20(15-35-18(2)14-32-25(17)35)27(37)34-12-10-22(21(16-34)19-7-4-3-5-8-19)33-26(36)24-23(38-28(29)30)9-6-11-31-24/h3-9,11,13-15,21-22,28H,10,12,16H2,1-2H3,(H,33,36)/t21-,22-/m1/s1. The number of carbonyl (C=O) groups is 2. The van der Waals surface area contributed by atoms with E-state index < -0.39 is 12.5 Å². The molecule has 0 spiro atoms. The van der Waals surface area contributed by atoms with E-state index in [2.05, 4.69) is 20.0 Å². The van der Waals surface area contributed by atoms with Gasteiger partial charge in [-0.2, -0.15) is 8.78 Å². The Morgan fingerprint density at radius 1 is 1.11 bits per heavy atom. The largest absolute Gasteiger partial charge is 0.432 e. The third kappa shape index (κ3) is 5.06. The second kappa shape index (κ2) is 10.6. The number of benzene rings is 1. The molecular weight excluding hydrogens is 492 g/mol. The van der Waals surface area contributed by atoms with Crippen molar-refractivity contribution in [3.8, 4) is 5.75 Å². The molecule has 3 aromatic heterocycles. The summed E-state index contributed by atoms with van der Waals surface area (Å²) in [5, 5.41) is 2.96. The average Bonchev–Trinajstić information content (AvgIpc) is 3.30. The Kier molecular flexibility index (Phi) is 7.04. The maximum Gasteiger partial charge on any atom is 0.387 e. The predicted octanol–water partition coefficient (Wildman–Crippen LogP) is 4.38. The van der Waals surface area contributed by atoms with Gasteiger partial charge in [0.2, 0.25) is 0 Å². The summed E-state index contributed by atoms with van der Waals surface area (Å²) in [7, 11) is 0. The summed E-state index contributed by atoms with van der Waals surface area (Å²) in [5.41, 5.74) is 3.96. The van der Waals surface area contributed by atoms with E-state index >= 15 is 0 Å². The molecule has 1 saturated heterocycles. The lowest BCUT2D eigenvalue weighted by Crippen LogP contribution is -2.51. The molecule has 38 heavy (non-hydrogen) atoms. The van der Waals surface area contributed by atoms with E-state index in [1.54, 1.807) is 11.1 Å². The molecule has 8 nitrogen and oxygen atoms in total. The van der Waals surface area contributed by atoms with Crippen molar-refractivity contribution in [3.63, 3.8) is 0 Å². The second-order valence-corrected chi connectivity index (χ2v) is 9.37. The molecule has 1 N–H and O–H groups in total. The maximum atomic E-state index is 13.6. The minimum Gasteiger partial charge on any atom is -0.432 e. The molecule has 4 aromatic rings. The van der Waals surface area contributed by atoms with Gasteiger partial charge in [0.1, 0.15) is 5.65 Å². The number of amides is 2. The number of rotatable bonds is 6. The van der Waals surface area contributed by atoms with E-state index in [1.165, 1.54) is 18.3 Å². The molecule has 1 aliphatic heterocycles. The van der Waals surface area contributed by atoms with Gasteiger partial charge in [-0.25, -0.2) is 9.97 Å². The van der Waals surface area contributed by atoms with E-state index in [4.69, 9.17) is 0 Å². The monoisotopic (exact) mass is 519 g/mol. The van der Waals surface area contributed by atoms with E-state index in [-0.39, 0.29) is 29.3 Å². The van der Waals surface area contributed by atoms with Crippen molar-refractivity contribution in [2.24, 2.45) is 0 Å². The van der Waals surface area contributed by atoms with Crippen LogP contribution in [0.2, 0.25) is 0 Å². The van der Waals surface area contributed by atoms with Gasteiger partial charge in [0.25, 0.3) is 11.8 Å². The van der Waals surface area contributed by atoms with Crippen LogP contribution in [0, 0.1) is 13.8 Å². The first kappa shape index (κ1) is 25.3. The van der Waals surface area contributed by atoms with E-state index in [0.717, 1.165) is 22.5 Å². The molecule has 5 rings (SSSR count). The van der Waals surface area contributed by atoms with Gasteiger partial charge in [-0.3, -0.25) is 9.59 Å². The molecule has 10 heteroatoms. The van der Waals surface area contributed by atoms with Gasteiger partial charge in [-0.05, 0) is 49.6 Å². The predicted molar refractivity (Wildman–Crippen MR) is 136 cm³/mol. The average molecular weight is 520 g/mol. The number of alkyl halides is 2. The topological polar surface area (TPSA) is 88.8 Å². The fourth-order valence-electron chi connectivity index (χ4n) is 5.01. The SMILES string of the molecule is Cc1cc(C(=O)N2CC[C@@H](NC(=O)c3ncccc3OC(F)F)[C@@H](c3ccccc3)C2)cn2c(C)cnc12. The quantitative estimate of drug-likeness (QED) is 0.409. The van der Waals surface area contributed by atoms with Crippen LogP contribution in [0.5, 0.6) is 5.75 Å². The van der Waals surface area contributed by atoms with Crippen LogP contribution in [-0.2, 0) is 0 Å². The van der Waals surface area contributed by atoms with Gasteiger partial charge in [-0.15, -0.1) is 0 Å². The lowest BCUT2D eigenvalue weighted by molar-refractivity contribution is -0.0504. The first-order valence-electron chi connectivity index (χ1n) is 12.3. The number of nitrogens with one attached hydrogen (secondary N) is 1. The molecule has 4 heterocycles. The number of pyridine rings is 2. The molecule has 196 valence electrons. The summed E-state index contributed by atoms with van der Waals surface area (Å²) in [4.78, 5) is 36.9. The van der Waals surface area contributed by atoms with Crippen LogP contribution in [0.3, 0.4) is 0 Å². The van der Waals surface area contributed by atoms with E-state index in [0.29, 0.717) is 25.1 Å². The van der Waals surface area contributed by atoms with Crippen LogP contribution in [0.25, 0.3) is 5.65 Å². The molecule has 1 aliphatic rings. The van der Waals surface area contributed by atoms with E-state index in [9.17, 15) is 18.4 Å². The maximum absolute atomic E-state index is 13.6. The van der Waals surface area contributed by atoms with Crippen LogP contribution in [-0.4, -0.2) is 56.8 Å². The highest BCUT2D eigenvalue weighted by molar-refractivity contribution is 5.96. The third-order valence-electron chi connectivity index (χ3n) is 6.87. The lowest BCUT2D eigenvalue weighted by Gasteiger charge is -2.39. The summed E-state index contributed by atoms with van der Waals surface area (Å²) in [5.74, 6) is -1.22. The first-order valence-corrected chi connectivity index (χ1v) is 12.3. The highest BCUT2D eigenvalue weighted by atomic mass is 19.3. The Bertz CT molecular complexity index is 1470.